The number of fused-ring (bicyclic) bond motifs is 1. The van der Waals surface area contributed by atoms with E-state index in [9.17, 15) is 32.9 Å². The highest BCUT2D eigenvalue weighted by atomic mass is 35.5. The lowest BCUT2D eigenvalue weighted by molar-refractivity contribution is -0.384. The zero-order valence-corrected chi connectivity index (χ0v) is 19.1. The van der Waals surface area contributed by atoms with Crippen molar-refractivity contribution >= 4 is 40.3 Å². The molecule has 0 radical (unpaired) electrons. The van der Waals surface area contributed by atoms with Gasteiger partial charge in [-0.15, -0.1) is 0 Å². The Morgan fingerprint density at radius 2 is 1.81 bits per heavy atom. The minimum atomic E-state index is -5.10. The highest BCUT2D eigenvalue weighted by molar-refractivity contribution is 6.32. The van der Waals surface area contributed by atoms with Crippen LogP contribution in [0.5, 0.6) is 17.2 Å². The van der Waals surface area contributed by atoms with Crippen LogP contribution in [0.25, 0.3) is 17.0 Å². The lowest BCUT2D eigenvalue weighted by Gasteiger charge is -2.14. The average Bonchev–Trinajstić information content (AvgIpc) is 2.85. The van der Waals surface area contributed by atoms with E-state index in [0.29, 0.717) is 5.56 Å². The fourth-order valence-corrected chi connectivity index (χ4v) is 3.37. The second-order valence-corrected chi connectivity index (χ2v) is 7.79. The first-order valence-electron chi connectivity index (χ1n) is 10.3. The molecule has 4 aromatic rings. The van der Waals surface area contributed by atoms with Gasteiger partial charge in [0.25, 0.3) is 11.4 Å². The Morgan fingerprint density at radius 1 is 1.05 bits per heavy atom. The number of rotatable bonds is 6. The maximum atomic E-state index is 13.7. The standard InChI is InChI=1S/C25H13ClF3NO7/c26-18-6-1-2-7-19(18)36-23-22(32)17-10-9-16(13-20(17)37-24(23)25(27,28)29)35-21(31)11-8-14-4-3-5-15(12-14)30(33)34/h1-13H. The second-order valence-electron chi connectivity index (χ2n) is 7.38. The Kier molecular flexibility index (Phi) is 6.98. The lowest BCUT2D eigenvalue weighted by atomic mass is 10.2. The number of non-ortho nitro benzene ring substituents is 1. The lowest BCUT2D eigenvalue weighted by Crippen LogP contribution is -2.15. The van der Waals surface area contributed by atoms with Gasteiger partial charge in [-0.3, -0.25) is 14.9 Å². The van der Waals surface area contributed by atoms with E-state index in [-0.39, 0.29) is 27.6 Å². The topological polar surface area (TPSA) is 109 Å². The summed E-state index contributed by atoms with van der Waals surface area (Å²) in [6.45, 7) is 0. The zero-order valence-electron chi connectivity index (χ0n) is 18.3. The maximum absolute atomic E-state index is 13.7. The summed E-state index contributed by atoms with van der Waals surface area (Å²) in [7, 11) is 0. The van der Waals surface area contributed by atoms with E-state index in [1.807, 2.05) is 0 Å². The van der Waals surface area contributed by atoms with Gasteiger partial charge in [-0.05, 0) is 35.9 Å². The second kappa shape index (κ2) is 10.2. The third-order valence-corrected chi connectivity index (χ3v) is 5.15. The number of nitrogens with zero attached hydrogens (tertiary/aromatic N) is 1. The molecule has 12 heteroatoms. The van der Waals surface area contributed by atoms with E-state index in [4.69, 9.17) is 25.5 Å². The molecule has 3 aromatic carbocycles. The molecule has 0 fully saturated rings. The number of carbonyl (C=O) groups excluding carboxylic acids is 1. The van der Waals surface area contributed by atoms with Crippen molar-refractivity contribution < 1.29 is 36.8 Å². The van der Waals surface area contributed by atoms with Gasteiger partial charge in [-0.2, -0.15) is 13.2 Å². The molecule has 37 heavy (non-hydrogen) atoms. The number of carbonyl (C=O) groups is 1. The van der Waals surface area contributed by atoms with Gasteiger partial charge in [0.15, 0.2) is 0 Å². The van der Waals surface area contributed by atoms with Crippen molar-refractivity contribution in [3.63, 3.8) is 0 Å². The van der Waals surface area contributed by atoms with Gasteiger partial charge in [0.2, 0.25) is 11.2 Å². The Hall–Kier alpha value is -4.64. The molecule has 0 N–H and O–H groups in total. The quantitative estimate of drug-likeness (QED) is 0.0886. The van der Waals surface area contributed by atoms with Crippen molar-refractivity contribution in [1.29, 1.82) is 0 Å². The van der Waals surface area contributed by atoms with Gasteiger partial charge < -0.3 is 13.9 Å². The average molecular weight is 532 g/mol. The van der Waals surface area contributed by atoms with Crippen LogP contribution in [0.2, 0.25) is 5.02 Å². The number of hydrogen-bond donors (Lipinski definition) is 0. The van der Waals surface area contributed by atoms with Gasteiger partial charge in [0.05, 0.1) is 15.3 Å². The van der Waals surface area contributed by atoms with Crippen LogP contribution in [0.15, 0.2) is 82.0 Å². The molecule has 0 aliphatic rings. The fourth-order valence-electron chi connectivity index (χ4n) is 3.19. The number of ether oxygens (including phenoxy) is 2. The molecule has 4 rings (SSSR count). The summed E-state index contributed by atoms with van der Waals surface area (Å²) < 4.78 is 56.4. The van der Waals surface area contributed by atoms with Crippen LogP contribution < -0.4 is 14.9 Å². The number of esters is 1. The summed E-state index contributed by atoms with van der Waals surface area (Å²) >= 11 is 5.94. The molecule has 188 valence electrons. The Labute approximate surface area is 210 Å². The number of para-hydroxylation sites is 1. The van der Waals surface area contributed by atoms with Crippen molar-refractivity contribution in [1.82, 2.24) is 0 Å². The van der Waals surface area contributed by atoms with Crippen molar-refractivity contribution in [3.05, 3.63) is 109 Å². The van der Waals surface area contributed by atoms with E-state index in [2.05, 4.69) is 0 Å². The first kappa shape index (κ1) is 25.5. The predicted molar refractivity (Wildman–Crippen MR) is 127 cm³/mol. The molecule has 0 spiro atoms. The smallest absolute Gasteiger partial charge is 0.448 e. The normalized spacial score (nSPS) is 11.6. The molecule has 1 heterocycles. The molecule has 0 bridgehead atoms. The largest absolute Gasteiger partial charge is 0.453 e. The van der Waals surface area contributed by atoms with Crippen LogP contribution in [-0.4, -0.2) is 10.9 Å². The van der Waals surface area contributed by atoms with E-state index >= 15 is 0 Å². The summed E-state index contributed by atoms with van der Waals surface area (Å²) in [4.78, 5) is 35.3. The highest BCUT2D eigenvalue weighted by Crippen LogP contribution is 2.39. The van der Waals surface area contributed by atoms with E-state index in [1.165, 1.54) is 60.7 Å². The molecule has 0 unspecified atom stereocenters. The van der Waals surface area contributed by atoms with Gasteiger partial charge >= 0.3 is 12.1 Å². The monoisotopic (exact) mass is 531 g/mol. The van der Waals surface area contributed by atoms with Crippen molar-refractivity contribution in [2.45, 2.75) is 6.18 Å². The molecule has 0 saturated heterocycles. The molecule has 0 aliphatic carbocycles. The number of nitro benzene ring substituents is 1. The Morgan fingerprint density at radius 3 is 2.51 bits per heavy atom. The van der Waals surface area contributed by atoms with Gasteiger partial charge in [-0.1, -0.05) is 35.9 Å². The van der Waals surface area contributed by atoms with Gasteiger partial charge in [-0.25, -0.2) is 4.79 Å². The summed E-state index contributed by atoms with van der Waals surface area (Å²) in [5, 5.41) is 10.6. The number of alkyl halides is 3. The fraction of sp³-hybridized carbons (Fsp3) is 0.0400. The first-order chi connectivity index (χ1) is 17.5. The third kappa shape index (κ3) is 5.78. The van der Waals surface area contributed by atoms with E-state index < -0.39 is 39.6 Å². The number of hydrogen-bond acceptors (Lipinski definition) is 7. The molecular formula is C25H13ClF3NO7. The molecule has 8 nitrogen and oxygen atoms in total. The maximum Gasteiger partial charge on any atom is 0.453 e. The van der Waals surface area contributed by atoms with E-state index in [1.54, 1.807) is 0 Å². The SMILES string of the molecule is O=C(C=Cc1cccc([N+](=O)[O-])c1)Oc1ccc2c(=O)c(Oc3ccccc3Cl)c(C(F)(F)F)oc2c1. The summed E-state index contributed by atoms with van der Waals surface area (Å²) in [6, 6.07) is 14.4. The van der Waals surface area contributed by atoms with Crippen LogP contribution in [0.4, 0.5) is 18.9 Å². The van der Waals surface area contributed by atoms with Gasteiger partial charge in [0.1, 0.15) is 17.1 Å². The van der Waals surface area contributed by atoms with Gasteiger partial charge in [0, 0.05) is 24.3 Å². The van der Waals surface area contributed by atoms with Crippen LogP contribution >= 0.6 is 11.6 Å². The zero-order chi connectivity index (χ0) is 26.7. The van der Waals surface area contributed by atoms with Crippen LogP contribution in [0.1, 0.15) is 11.3 Å². The molecular weight excluding hydrogens is 519 g/mol. The van der Waals surface area contributed by atoms with Crippen LogP contribution in [0.3, 0.4) is 0 Å². The van der Waals surface area contributed by atoms with Crippen LogP contribution in [-0.2, 0) is 11.0 Å². The number of benzene rings is 3. The molecule has 0 aliphatic heterocycles. The van der Waals surface area contributed by atoms with Crippen LogP contribution in [0, 0.1) is 10.1 Å². The molecule has 0 amide bonds. The Balaban J connectivity index is 1.65. The summed E-state index contributed by atoms with van der Waals surface area (Å²) in [5.74, 6) is -4.11. The number of nitro groups is 1. The van der Waals surface area contributed by atoms with Crippen molar-refractivity contribution in [2.75, 3.05) is 0 Å². The predicted octanol–water partition coefficient (Wildman–Crippen LogP) is 6.78. The number of halogens is 4. The first-order valence-corrected chi connectivity index (χ1v) is 10.7. The van der Waals surface area contributed by atoms with Crippen molar-refractivity contribution in [2.24, 2.45) is 0 Å². The summed E-state index contributed by atoms with van der Waals surface area (Å²) in [5.41, 5.74) is -1.45. The Bertz CT molecular complexity index is 1610. The minimum Gasteiger partial charge on any atom is -0.448 e. The molecule has 0 saturated carbocycles. The minimum absolute atomic E-state index is 0.0180. The highest BCUT2D eigenvalue weighted by Gasteiger charge is 2.40. The van der Waals surface area contributed by atoms with E-state index in [0.717, 1.165) is 18.2 Å². The molecule has 1 aromatic heterocycles. The molecule has 0 atom stereocenters. The third-order valence-electron chi connectivity index (χ3n) is 4.84. The van der Waals surface area contributed by atoms with Crippen molar-refractivity contribution in [3.8, 4) is 17.2 Å². The summed E-state index contributed by atoms with van der Waals surface area (Å²) in [6.07, 6.45) is -2.87.